The van der Waals surface area contributed by atoms with Gasteiger partial charge in [0.15, 0.2) is 0 Å². The van der Waals surface area contributed by atoms with Crippen molar-refractivity contribution >= 4 is 17.5 Å². The average Bonchev–Trinajstić information content (AvgIpc) is 2.63. The fourth-order valence-electron chi connectivity index (χ4n) is 3.84. The molecule has 1 aromatic carbocycles. The number of likely N-dealkylation sites (tertiary alicyclic amines) is 1. The Morgan fingerprint density at radius 2 is 1.84 bits per heavy atom. The van der Waals surface area contributed by atoms with E-state index in [1.807, 2.05) is 0 Å². The predicted octanol–water partition coefficient (Wildman–Crippen LogP) is 1.69. The number of piperidine rings is 2. The number of hydrogen-bond acceptors (Lipinski definition) is 6. The van der Waals surface area contributed by atoms with Gasteiger partial charge in [0.1, 0.15) is 11.4 Å². The van der Waals surface area contributed by atoms with E-state index in [1.54, 1.807) is 11.8 Å². The number of rotatable bonds is 4. The second-order valence-corrected chi connectivity index (χ2v) is 7.02. The van der Waals surface area contributed by atoms with Crippen LogP contribution in [-0.4, -0.2) is 49.3 Å². The number of carbonyl (C=O) groups is 1. The molecule has 7 nitrogen and oxygen atoms in total. The van der Waals surface area contributed by atoms with Crippen LogP contribution in [0.3, 0.4) is 0 Å². The molecular formula is C18H27N3O4. The molecule has 0 saturated carbocycles. The molecule has 2 heterocycles. The molecule has 1 aromatic rings. The van der Waals surface area contributed by atoms with Gasteiger partial charge >= 0.3 is 6.09 Å². The Bertz CT molecular complexity index is 687. The minimum absolute atomic E-state index is 0.104. The maximum Gasteiger partial charge on any atom is 0.409 e. The zero-order chi connectivity index (χ0) is 18.0. The highest BCUT2D eigenvalue weighted by molar-refractivity contribution is 5.76. The van der Waals surface area contributed by atoms with E-state index >= 15 is 0 Å². The van der Waals surface area contributed by atoms with Crippen molar-refractivity contribution in [3.8, 4) is 0 Å². The molecule has 0 aromatic heterocycles. The largest absolute Gasteiger partial charge is 0.450 e. The van der Waals surface area contributed by atoms with Gasteiger partial charge in [0, 0.05) is 31.7 Å². The van der Waals surface area contributed by atoms with Gasteiger partial charge in [-0.15, -0.1) is 0 Å². The zero-order valence-corrected chi connectivity index (χ0v) is 15.0. The van der Waals surface area contributed by atoms with Crippen LogP contribution in [0.25, 0.3) is 0 Å². The van der Waals surface area contributed by atoms with Crippen molar-refractivity contribution in [2.75, 3.05) is 36.5 Å². The third-order valence-corrected chi connectivity index (χ3v) is 5.34. The minimum atomic E-state index is -0.402. The maximum atomic E-state index is 12.1. The standard InChI is InChI=1S/C18H27N3O4/c1-3-25-18(24)20-10-7-13(8-11-20)19-14-15(17(23)16(14)22)21-9-5-4-6-12(21)2/h12-13,19H,3-11H2,1-2H3/t12-/m1/s1. The van der Waals surface area contributed by atoms with Crippen molar-refractivity contribution in [3.63, 3.8) is 0 Å². The maximum absolute atomic E-state index is 12.1. The van der Waals surface area contributed by atoms with E-state index in [2.05, 4.69) is 17.1 Å². The lowest BCUT2D eigenvalue weighted by Gasteiger charge is -2.38. The third-order valence-electron chi connectivity index (χ3n) is 5.34. The summed E-state index contributed by atoms with van der Waals surface area (Å²) in [4.78, 5) is 39.7. The molecule has 1 N–H and O–H groups in total. The molecule has 2 aliphatic rings. The summed E-state index contributed by atoms with van der Waals surface area (Å²) in [6.07, 6.45) is 4.48. The molecule has 0 aliphatic carbocycles. The Kier molecular flexibility index (Phi) is 5.30. The summed E-state index contributed by atoms with van der Waals surface area (Å²) >= 11 is 0. The van der Waals surface area contributed by atoms with Crippen LogP contribution in [0.15, 0.2) is 9.59 Å². The van der Waals surface area contributed by atoms with Crippen LogP contribution in [0, 0.1) is 0 Å². The van der Waals surface area contributed by atoms with E-state index in [0.717, 1.165) is 32.2 Å². The summed E-state index contributed by atoms with van der Waals surface area (Å²) < 4.78 is 5.02. The Morgan fingerprint density at radius 3 is 2.48 bits per heavy atom. The van der Waals surface area contributed by atoms with Gasteiger partial charge in [0.25, 0.3) is 10.9 Å². The monoisotopic (exact) mass is 349 g/mol. The molecule has 1 atom stereocenters. The van der Waals surface area contributed by atoms with Gasteiger partial charge < -0.3 is 19.9 Å². The van der Waals surface area contributed by atoms with Gasteiger partial charge in [-0.2, -0.15) is 0 Å². The van der Waals surface area contributed by atoms with Crippen LogP contribution in [0.5, 0.6) is 0 Å². The summed E-state index contributed by atoms with van der Waals surface area (Å²) in [5.41, 5.74) is 0.291. The van der Waals surface area contributed by atoms with Gasteiger partial charge in [-0.1, -0.05) is 0 Å². The first-order valence-corrected chi connectivity index (χ1v) is 9.31. The molecule has 0 radical (unpaired) electrons. The van der Waals surface area contributed by atoms with Crippen molar-refractivity contribution in [2.45, 2.75) is 58.0 Å². The number of nitrogens with one attached hydrogen (secondary N) is 1. The fraction of sp³-hybridized carbons (Fsp3) is 0.722. The van der Waals surface area contributed by atoms with Crippen molar-refractivity contribution in [3.05, 3.63) is 20.4 Å². The number of anilines is 2. The minimum Gasteiger partial charge on any atom is -0.450 e. The fourth-order valence-corrected chi connectivity index (χ4v) is 3.84. The smallest absolute Gasteiger partial charge is 0.409 e. The first kappa shape index (κ1) is 17.8. The first-order chi connectivity index (χ1) is 12.0. The van der Waals surface area contributed by atoms with Gasteiger partial charge in [0.2, 0.25) is 0 Å². The van der Waals surface area contributed by atoms with Crippen LogP contribution in [0.2, 0.25) is 0 Å². The van der Waals surface area contributed by atoms with Gasteiger partial charge in [-0.25, -0.2) is 4.79 Å². The molecule has 2 saturated heterocycles. The highest BCUT2D eigenvalue weighted by Gasteiger charge is 2.32. The average molecular weight is 349 g/mol. The molecule has 2 aliphatic heterocycles. The third kappa shape index (κ3) is 3.50. The normalized spacial score (nSPS) is 22.2. The van der Waals surface area contributed by atoms with Crippen LogP contribution >= 0.6 is 0 Å². The van der Waals surface area contributed by atoms with Gasteiger partial charge in [-0.3, -0.25) is 9.59 Å². The zero-order valence-electron chi connectivity index (χ0n) is 15.0. The molecular weight excluding hydrogens is 322 g/mol. The van der Waals surface area contributed by atoms with E-state index in [-0.39, 0.29) is 17.6 Å². The number of hydrogen-bond donors (Lipinski definition) is 1. The van der Waals surface area contributed by atoms with E-state index in [4.69, 9.17) is 4.74 Å². The summed E-state index contributed by atoms with van der Waals surface area (Å²) in [6, 6.07) is 0.399. The van der Waals surface area contributed by atoms with Crippen molar-refractivity contribution < 1.29 is 9.53 Å². The van der Waals surface area contributed by atoms with Crippen LogP contribution in [0.4, 0.5) is 16.2 Å². The Labute approximate surface area is 147 Å². The van der Waals surface area contributed by atoms with Gasteiger partial charge in [0.05, 0.1) is 6.61 Å². The second kappa shape index (κ2) is 7.45. The van der Waals surface area contributed by atoms with Crippen molar-refractivity contribution in [1.29, 1.82) is 0 Å². The number of amides is 1. The van der Waals surface area contributed by atoms with Crippen LogP contribution in [-0.2, 0) is 4.74 Å². The lowest BCUT2D eigenvalue weighted by Crippen LogP contribution is -2.50. The predicted molar refractivity (Wildman–Crippen MR) is 97.3 cm³/mol. The molecule has 7 heteroatoms. The topological polar surface area (TPSA) is 79.0 Å². The molecule has 138 valence electrons. The summed E-state index contributed by atoms with van der Waals surface area (Å²) in [6.45, 7) is 6.31. The number of nitrogens with zero attached hydrogens (tertiary/aromatic N) is 2. The quantitative estimate of drug-likeness (QED) is 0.834. The van der Waals surface area contributed by atoms with E-state index in [1.165, 1.54) is 6.42 Å². The lowest BCUT2D eigenvalue weighted by molar-refractivity contribution is 0.0983. The summed E-state index contributed by atoms with van der Waals surface area (Å²) in [5, 5.41) is 3.28. The summed E-state index contributed by atoms with van der Waals surface area (Å²) in [7, 11) is 0. The van der Waals surface area contributed by atoms with E-state index in [0.29, 0.717) is 37.1 Å². The highest BCUT2D eigenvalue weighted by Crippen LogP contribution is 2.29. The molecule has 1 amide bonds. The van der Waals surface area contributed by atoms with E-state index in [9.17, 15) is 14.4 Å². The Morgan fingerprint density at radius 1 is 1.12 bits per heavy atom. The molecule has 3 rings (SSSR count). The van der Waals surface area contributed by atoms with Crippen LogP contribution < -0.4 is 21.1 Å². The first-order valence-electron chi connectivity index (χ1n) is 9.31. The molecule has 0 bridgehead atoms. The van der Waals surface area contributed by atoms with Crippen molar-refractivity contribution in [2.24, 2.45) is 0 Å². The van der Waals surface area contributed by atoms with Gasteiger partial charge in [-0.05, 0) is 46.0 Å². The molecule has 0 spiro atoms. The number of ether oxygens (including phenoxy) is 1. The second-order valence-electron chi connectivity index (χ2n) is 7.02. The van der Waals surface area contributed by atoms with Crippen LogP contribution in [0.1, 0.15) is 46.0 Å². The highest BCUT2D eigenvalue weighted by atomic mass is 16.6. The summed E-state index contributed by atoms with van der Waals surface area (Å²) in [5.74, 6) is 0. The van der Waals surface area contributed by atoms with E-state index < -0.39 is 5.43 Å². The Hall–Kier alpha value is -2.05. The molecule has 25 heavy (non-hydrogen) atoms. The molecule has 2 fully saturated rings. The lowest BCUT2D eigenvalue weighted by atomic mass is 9.99. The molecule has 0 unspecified atom stereocenters. The SMILES string of the molecule is CCOC(=O)N1CCC(Nc2c(N3CCCC[C@H]3C)c(=O)c2=O)CC1. The Balaban J connectivity index is 1.63. The number of carbonyl (C=O) groups excluding carboxylic acids is 1. The van der Waals surface area contributed by atoms with Crippen molar-refractivity contribution in [1.82, 2.24) is 4.90 Å².